The van der Waals surface area contributed by atoms with Gasteiger partial charge in [-0.2, -0.15) is 10.2 Å². The van der Waals surface area contributed by atoms with Crippen molar-refractivity contribution in [3.63, 3.8) is 0 Å². The van der Waals surface area contributed by atoms with Crippen molar-refractivity contribution in [3.05, 3.63) is 107 Å². The fourth-order valence-electron chi connectivity index (χ4n) is 6.45. The molecule has 4 aliphatic rings. The lowest BCUT2D eigenvalue weighted by Crippen LogP contribution is -2.45. The summed E-state index contributed by atoms with van der Waals surface area (Å²) in [5.41, 5.74) is 5.69. The van der Waals surface area contributed by atoms with Crippen LogP contribution in [0.3, 0.4) is 0 Å². The van der Waals surface area contributed by atoms with Gasteiger partial charge in [-0.3, -0.25) is 19.4 Å². The van der Waals surface area contributed by atoms with Crippen LogP contribution in [0.1, 0.15) is 42.0 Å². The van der Waals surface area contributed by atoms with Gasteiger partial charge in [0.25, 0.3) is 17.7 Å². The number of carbonyl (C=O) groups is 3. The predicted molar refractivity (Wildman–Crippen MR) is 158 cm³/mol. The van der Waals surface area contributed by atoms with Crippen LogP contribution in [-0.4, -0.2) is 52.1 Å². The van der Waals surface area contributed by atoms with Crippen molar-refractivity contribution in [1.82, 2.24) is 10.0 Å². The molecule has 4 atom stereocenters. The molecule has 3 aromatic rings. The van der Waals surface area contributed by atoms with Gasteiger partial charge in [-0.05, 0) is 61.1 Å². The standard InChI is InChI=1S/C33H30N6O3/c1-21-15-17-25(18-16-21)38-32(41)29-31(33(38)42)37(36-34-29)20-27(40)39-30(23-11-6-3-7-12-23)26-14-8-13-24(28(26)35-39)19-22-9-4-2-5-10-22/h2-7,9-12,15-19,26,29-31H,8,13-14,20H2,1H3/b24-19+/t26-,29+,30-,31+/m0/s1. The predicted octanol–water partition coefficient (Wildman–Crippen LogP) is 5.11. The molecule has 9 heteroatoms. The average Bonchev–Trinajstić information content (AvgIpc) is 3.68. The Balaban J connectivity index is 1.18. The van der Waals surface area contributed by atoms with E-state index in [4.69, 9.17) is 5.10 Å². The van der Waals surface area contributed by atoms with Crippen molar-refractivity contribution >= 4 is 35.2 Å². The van der Waals surface area contributed by atoms with Crippen molar-refractivity contribution in [2.75, 3.05) is 11.4 Å². The van der Waals surface area contributed by atoms with E-state index in [-0.39, 0.29) is 24.4 Å². The highest BCUT2D eigenvalue weighted by Crippen LogP contribution is 2.44. The van der Waals surface area contributed by atoms with E-state index in [9.17, 15) is 14.4 Å². The third-order valence-electron chi connectivity index (χ3n) is 8.49. The minimum atomic E-state index is -0.968. The molecule has 2 fully saturated rings. The Bertz CT molecular complexity index is 1630. The minimum Gasteiger partial charge on any atom is -0.271 e. The third kappa shape index (κ3) is 4.41. The van der Waals surface area contributed by atoms with E-state index in [1.165, 1.54) is 5.01 Å². The van der Waals surface area contributed by atoms with Crippen molar-refractivity contribution in [2.24, 2.45) is 21.4 Å². The zero-order chi connectivity index (χ0) is 28.8. The fraction of sp³-hybridized carbons (Fsp3) is 0.273. The maximum atomic E-state index is 14.0. The number of nitrogens with zero attached hydrogens (tertiary/aromatic N) is 6. The SMILES string of the molecule is Cc1ccc(N2C(=O)[C@@H]3N=NN(CC(=O)N4N=C5/C(=C/c6ccccc6)CCC[C@@H]5[C@@H]4c4ccccc4)[C@H]3C2=O)cc1. The maximum absolute atomic E-state index is 14.0. The van der Waals surface area contributed by atoms with E-state index in [0.29, 0.717) is 5.69 Å². The topological polar surface area (TPSA) is 98.0 Å². The molecule has 3 aromatic carbocycles. The van der Waals surface area contributed by atoms with Crippen molar-refractivity contribution in [2.45, 2.75) is 44.3 Å². The normalized spacial score (nSPS) is 25.7. The molecule has 0 N–H and O–H groups in total. The van der Waals surface area contributed by atoms with Crippen LogP contribution in [0, 0.1) is 12.8 Å². The lowest BCUT2D eigenvalue weighted by atomic mass is 9.77. The summed E-state index contributed by atoms with van der Waals surface area (Å²) in [7, 11) is 0. The van der Waals surface area contributed by atoms with Gasteiger partial charge in [0.05, 0.1) is 17.4 Å². The molecule has 1 aliphatic carbocycles. The Hall–Kier alpha value is -4.92. The summed E-state index contributed by atoms with van der Waals surface area (Å²) in [5.74, 6) is -1.10. The minimum absolute atomic E-state index is 0.0553. The number of hydrogen-bond donors (Lipinski definition) is 0. The van der Waals surface area contributed by atoms with E-state index in [1.807, 2.05) is 67.6 Å². The molecule has 210 valence electrons. The molecule has 42 heavy (non-hydrogen) atoms. The molecule has 3 amide bonds. The summed E-state index contributed by atoms with van der Waals surface area (Å²) in [6.45, 7) is 1.73. The van der Waals surface area contributed by atoms with Crippen LogP contribution in [0.2, 0.25) is 0 Å². The molecule has 1 saturated carbocycles. The van der Waals surface area contributed by atoms with Crippen LogP contribution < -0.4 is 4.90 Å². The molecule has 0 bridgehead atoms. The quantitative estimate of drug-likeness (QED) is 0.407. The smallest absolute Gasteiger partial charge is 0.264 e. The van der Waals surface area contributed by atoms with E-state index >= 15 is 0 Å². The summed E-state index contributed by atoms with van der Waals surface area (Å²) in [5, 5.41) is 16.1. The molecular formula is C33H30N6O3. The molecule has 0 unspecified atom stereocenters. The molecule has 1 saturated heterocycles. The number of amides is 3. The van der Waals surface area contributed by atoms with Gasteiger partial charge in [-0.25, -0.2) is 9.91 Å². The van der Waals surface area contributed by atoms with Gasteiger partial charge < -0.3 is 0 Å². The maximum Gasteiger partial charge on any atom is 0.264 e. The van der Waals surface area contributed by atoms with Gasteiger partial charge in [-0.15, -0.1) is 0 Å². The number of anilines is 1. The second-order valence-electron chi connectivity index (χ2n) is 11.2. The third-order valence-corrected chi connectivity index (χ3v) is 8.49. The van der Waals surface area contributed by atoms with Gasteiger partial charge in [0, 0.05) is 5.92 Å². The van der Waals surface area contributed by atoms with Crippen LogP contribution >= 0.6 is 0 Å². The van der Waals surface area contributed by atoms with E-state index in [0.717, 1.165) is 52.1 Å². The fourth-order valence-corrected chi connectivity index (χ4v) is 6.45. The molecule has 9 nitrogen and oxygen atoms in total. The number of benzene rings is 3. The Morgan fingerprint density at radius 2 is 1.62 bits per heavy atom. The van der Waals surface area contributed by atoms with Crippen LogP contribution in [0.4, 0.5) is 5.69 Å². The molecule has 0 radical (unpaired) electrons. The first-order valence-corrected chi connectivity index (χ1v) is 14.3. The number of allylic oxidation sites excluding steroid dienone is 1. The number of aryl methyl sites for hydroxylation is 1. The molecule has 0 spiro atoms. The highest BCUT2D eigenvalue weighted by atomic mass is 16.2. The average molecular weight is 559 g/mol. The lowest BCUT2D eigenvalue weighted by molar-refractivity contribution is -0.136. The lowest BCUT2D eigenvalue weighted by Gasteiger charge is -2.30. The second-order valence-corrected chi connectivity index (χ2v) is 11.2. The van der Waals surface area contributed by atoms with Crippen molar-refractivity contribution in [3.8, 4) is 0 Å². The first-order valence-electron chi connectivity index (χ1n) is 14.3. The molecule has 7 rings (SSSR count). The van der Waals surface area contributed by atoms with E-state index in [2.05, 4.69) is 28.5 Å². The zero-order valence-electron chi connectivity index (χ0n) is 23.2. The van der Waals surface area contributed by atoms with Gasteiger partial charge in [0.1, 0.15) is 6.54 Å². The number of fused-ring (bicyclic) bond motifs is 2. The van der Waals surface area contributed by atoms with E-state index < -0.39 is 23.9 Å². The monoisotopic (exact) mass is 558 g/mol. The summed E-state index contributed by atoms with van der Waals surface area (Å²) >= 11 is 0. The largest absolute Gasteiger partial charge is 0.271 e. The van der Waals surface area contributed by atoms with Gasteiger partial charge in [0.15, 0.2) is 12.1 Å². The molecule has 3 heterocycles. The molecule has 0 aromatic heterocycles. The summed E-state index contributed by atoms with van der Waals surface area (Å²) in [6.07, 6.45) is 4.98. The van der Waals surface area contributed by atoms with Crippen molar-refractivity contribution < 1.29 is 14.4 Å². The Labute approximate surface area is 243 Å². The second kappa shape index (κ2) is 10.5. The Kier molecular flexibility index (Phi) is 6.49. The Morgan fingerprint density at radius 1 is 0.905 bits per heavy atom. The van der Waals surface area contributed by atoms with Gasteiger partial charge >= 0.3 is 0 Å². The van der Waals surface area contributed by atoms with Crippen LogP contribution in [0.25, 0.3) is 6.08 Å². The number of hydrogen-bond acceptors (Lipinski definition) is 7. The van der Waals surface area contributed by atoms with Crippen LogP contribution in [0.5, 0.6) is 0 Å². The number of rotatable bonds is 5. The first-order chi connectivity index (χ1) is 20.5. The van der Waals surface area contributed by atoms with Gasteiger partial charge in [-0.1, -0.05) is 83.6 Å². The summed E-state index contributed by atoms with van der Waals surface area (Å²) < 4.78 is 0. The number of imide groups is 1. The van der Waals surface area contributed by atoms with E-state index in [1.54, 1.807) is 17.1 Å². The highest BCUT2D eigenvalue weighted by molar-refractivity contribution is 6.25. The van der Waals surface area contributed by atoms with Crippen molar-refractivity contribution in [1.29, 1.82) is 0 Å². The van der Waals surface area contributed by atoms with Crippen LogP contribution in [0.15, 0.2) is 106 Å². The molecular weight excluding hydrogens is 528 g/mol. The van der Waals surface area contributed by atoms with Crippen LogP contribution in [-0.2, 0) is 14.4 Å². The summed E-state index contributed by atoms with van der Waals surface area (Å²) in [4.78, 5) is 41.8. The highest BCUT2D eigenvalue weighted by Gasteiger charge is 2.55. The molecule has 3 aliphatic heterocycles. The Morgan fingerprint density at radius 3 is 2.36 bits per heavy atom. The zero-order valence-corrected chi connectivity index (χ0v) is 23.2. The first kappa shape index (κ1) is 26.0. The van der Waals surface area contributed by atoms with Gasteiger partial charge in [0.2, 0.25) is 0 Å². The number of carbonyl (C=O) groups excluding carboxylic acids is 3. The number of hydrazone groups is 1. The summed E-state index contributed by atoms with van der Waals surface area (Å²) in [6, 6.07) is 25.1.